The van der Waals surface area contributed by atoms with Crippen LogP contribution < -0.4 is 0 Å². The fourth-order valence-electron chi connectivity index (χ4n) is 6.23. The summed E-state index contributed by atoms with van der Waals surface area (Å²) < 4.78 is 2.65. The second kappa shape index (κ2) is 9.25. The third kappa shape index (κ3) is 3.70. The number of amidine groups is 1. The van der Waals surface area contributed by atoms with Gasteiger partial charge in [-0.3, -0.25) is 4.99 Å². The molecule has 1 aliphatic rings. The minimum atomic E-state index is -0.0175. The Morgan fingerprint density at radius 1 is 0.600 bits per heavy atom. The Morgan fingerprint density at radius 3 is 2.27 bits per heavy atom. The van der Waals surface area contributed by atoms with Crippen LogP contribution in [-0.4, -0.2) is 11.5 Å². The minimum absolute atomic E-state index is 0.0175. The third-order valence-electron chi connectivity index (χ3n) is 8.22. The zero-order valence-corrected chi connectivity index (χ0v) is 22.9. The van der Waals surface area contributed by atoms with Gasteiger partial charge in [0.15, 0.2) is 5.84 Å². The number of hydrogen-bond acceptors (Lipinski definition) is 3. The topological polar surface area (TPSA) is 24.7 Å². The van der Waals surface area contributed by atoms with Crippen LogP contribution in [0.5, 0.6) is 0 Å². The van der Waals surface area contributed by atoms with Crippen molar-refractivity contribution in [2.24, 2.45) is 15.9 Å². The zero-order valence-electron chi connectivity index (χ0n) is 22.1. The predicted octanol–water partition coefficient (Wildman–Crippen LogP) is 9.99. The van der Waals surface area contributed by atoms with Gasteiger partial charge in [-0.25, -0.2) is 4.99 Å². The predicted molar refractivity (Wildman–Crippen MR) is 172 cm³/mol. The van der Waals surface area contributed by atoms with Gasteiger partial charge in [0.1, 0.15) is 0 Å². The molecule has 1 aromatic heterocycles. The lowest BCUT2D eigenvalue weighted by Crippen LogP contribution is -2.26. The maximum Gasteiger partial charge on any atom is 0.155 e. The number of aliphatic imine (C=N–C) groups is 2. The van der Waals surface area contributed by atoms with Crippen molar-refractivity contribution in [2.45, 2.75) is 13.0 Å². The Hall–Kier alpha value is -4.60. The molecule has 2 nitrogen and oxygen atoms in total. The first-order valence-electron chi connectivity index (χ1n) is 13.8. The average Bonchev–Trinajstić information content (AvgIpc) is 3.40. The van der Waals surface area contributed by atoms with E-state index >= 15 is 0 Å². The molecule has 0 saturated carbocycles. The van der Waals surface area contributed by atoms with Crippen molar-refractivity contribution in [3.63, 3.8) is 0 Å². The first-order valence-corrected chi connectivity index (χ1v) is 14.6. The van der Waals surface area contributed by atoms with E-state index in [0.717, 1.165) is 17.1 Å². The summed E-state index contributed by atoms with van der Waals surface area (Å²) >= 11 is 1.87. The molecule has 2 unspecified atom stereocenters. The van der Waals surface area contributed by atoms with Crippen LogP contribution in [0.1, 0.15) is 29.7 Å². The van der Waals surface area contributed by atoms with Crippen LogP contribution >= 0.6 is 11.3 Å². The number of fused-ring (bicyclic) bond motifs is 6. The molecule has 0 bridgehead atoms. The second-order valence-corrected chi connectivity index (χ2v) is 11.7. The first kappa shape index (κ1) is 23.3. The Bertz CT molecular complexity index is 2140. The highest BCUT2D eigenvalue weighted by Gasteiger charge is 2.30. The van der Waals surface area contributed by atoms with Gasteiger partial charge in [0.05, 0.1) is 11.8 Å². The van der Waals surface area contributed by atoms with Gasteiger partial charge in [0.25, 0.3) is 0 Å². The summed E-state index contributed by atoms with van der Waals surface area (Å²) in [6.45, 7) is 2.27. The molecule has 0 radical (unpaired) electrons. The molecule has 3 heteroatoms. The van der Waals surface area contributed by atoms with Gasteiger partial charge in [0, 0.05) is 37.2 Å². The van der Waals surface area contributed by atoms with Gasteiger partial charge in [0.2, 0.25) is 0 Å². The van der Waals surface area contributed by atoms with Gasteiger partial charge in [-0.05, 0) is 45.3 Å². The molecule has 7 aromatic rings. The Kier molecular flexibility index (Phi) is 5.39. The van der Waals surface area contributed by atoms with Gasteiger partial charge in [-0.2, -0.15) is 0 Å². The fraction of sp³-hybridized carbons (Fsp3) is 0.0811. The van der Waals surface area contributed by atoms with E-state index in [2.05, 4.69) is 134 Å². The molecule has 2 atom stereocenters. The molecular formula is C37H26N2S. The maximum absolute atomic E-state index is 5.34. The van der Waals surface area contributed by atoms with Crippen LogP contribution in [0, 0.1) is 5.92 Å². The van der Waals surface area contributed by atoms with Crippen LogP contribution in [0.4, 0.5) is 0 Å². The summed E-state index contributed by atoms with van der Waals surface area (Å²) in [5, 5.41) is 7.62. The van der Waals surface area contributed by atoms with Crippen molar-refractivity contribution in [1.82, 2.24) is 0 Å². The fourth-order valence-corrected chi connectivity index (χ4v) is 7.35. The van der Waals surface area contributed by atoms with Crippen molar-refractivity contribution >= 4 is 64.6 Å². The van der Waals surface area contributed by atoms with Crippen LogP contribution in [-0.2, 0) is 0 Å². The molecule has 0 spiro atoms. The largest absolute Gasteiger partial charge is 0.257 e. The van der Waals surface area contributed by atoms with Gasteiger partial charge in [-0.15, -0.1) is 11.3 Å². The summed E-state index contributed by atoms with van der Waals surface area (Å²) in [6.07, 6.45) is 0. The second-order valence-electron chi connectivity index (χ2n) is 10.6. The van der Waals surface area contributed by atoms with E-state index in [1.165, 1.54) is 52.8 Å². The molecule has 0 amide bonds. The normalized spacial score (nSPS) is 17.4. The summed E-state index contributed by atoms with van der Waals surface area (Å²) in [6, 6.07) is 45.7. The first-order chi connectivity index (χ1) is 19.7. The van der Waals surface area contributed by atoms with Crippen LogP contribution in [0.25, 0.3) is 41.7 Å². The van der Waals surface area contributed by atoms with E-state index in [9.17, 15) is 0 Å². The Balaban J connectivity index is 1.36. The van der Waals surface area contributed by atoms with Crippen molar-refractivity contribution in [3.05, 3.63) is 144 Å². The number of hydrogen-bond donors (Lipinski definition) is 0. The van der Waals surface area contributed by atoms with E-state index in [-0.39, 0.29) is 12.0 Å². The molecule has 8 rings (SSSR count). The van der Waals surface area contributed by atoms with Crippen LogP contribution in [0.15, 0.2) is 137 Å². The van der Waals surface area contributed by atoms with Crippen molar-refractivity contribution < 1.29 is 0 Å². The molecule has 40 heavy (non-hydrogen) atoms. The highest BCUT2D eigenvalue weighted by Crippen LogP contribution is 2.41. The molecule has 0 fully saturated rings. The molecule has 2 heterocycles. The lowest BCUT2D eigenvalue weighted by atomic mass is 9.84. The number of nitrogens with zero attached hydrogens (tertiary/aromatic N) is 2. The highest BCUT2D eigenvalue weighted by atomic mass is 32.1. The van der Waals surface area contributed by atoms with Crippen molar-refractivity contribution in [3.8, 4) is 0 Å². The molecular weight excluding hydrogens is 504 g/mol. The van der Waals surface area contributed by atoms with Gasteiger partial charge >= 0.3 is 0 Å². The van der Waals surface area contributed by atoms with Crippen LogP contribution in [0.3, 0.4) is 0 Å². The lowest BCUT2D eigenvalue weighted by molar-refractivity contribution is 0.592. The molecule has 0 saturated heterocycles. The SMILES string of the molecule is CC1C(c2cccc3c2ccc2sc4ccccc4c23)=NC(c2ccc3ccccc3c2)=NC1c1ccccc1. The number of benzene rings is 6. The Morgan fingerprint density at radius 2 is 1.38 bits per heavy atom. The molecule has 1 aliphatic heterocycles. The third-order valence-corrected chi connectivity index (χ3v) is 9.35. The van der Waals surface area contributed by atoms with E-state index < -0.39 is 0 Å². The number of thiophene rings is 1. The van der Waals surface area contributed by atoms with Crippen LogP contribution in [0.2, 0.25) is 0 Å². The van der Waals surface area contributed by atoms with E-state index in [4.69, 9.17) is 9.98 Å². The quantitative estimate of drug-likeness (QED) is 0.217. The monoisotopic (exact) mass is 530 g/mol. The smallest absolute Gasteiger partial charge is 0.155 e. The molecule has 190 valence electrons. The minimum Gasteiger partial charge on any atom is -0.257 e. The van der Waals surface area contributed by atoms with E-state index in [1.54, 1.807) is 0 Å². The maximum atomic E-state index is 5.34. The molecule has 0 N–H and O–H groups in total. The van der Waals surface area contributed by atoms with Gasteiger partial charge < -0.3 is 0 Å². The molecule has 0 aliphatic carbocycles. The lowest BCUT2D eigenvalue weighted by Gasteiger charge is -2.28. The van der Waals surface area contributed by atoms with Crippen molar-refractivity contribution in [2.75, 3.05) is 0 Å². The van der Waals surface area contributed by atoms with E-state index in [1.807, 2.05) is 11.3 Å². The van der Waals surface area contributed by atoms with Crippen molar-refractivity contribution in [1.29, 1.82) is 0 Å². The summed E-state index contributed by atoms with van der Waals surface area (Å²) in [5.41, 5.74) is 4.55. The summed E-state index contributed by atoms with van der Waals surface area (Å²) in [4.78, 5) is 10.6. The zero-order chi connectivity index (χ0) is 26.6. The molecule has 6 aromatic carbocycles. The summed E-state index contributed by atoms with van der Waals surface area (Å²) in [7, 11) is 0. The van der Waals surface area contributed by atoms with Gasteiger partial charge in [-0.1, -0.05) is 116 Å². The van der Waals surface area contributed by atoms with E-state index in [0.29, 0.717) is 0 Å². The average molecular weight is 531 g/mol. The standard InChI is InChI=1S/C37H26N2S/c1-23-35(25-11-3-2-4-12-25)38-37(27-19-18-24-10-5-6-13-26(24)22-27)39-36(23)30-16-9-15-29-28(30)20-21-33-34(29)31-14-7-8-17-32(31)40-33/h2-23,35H,1H3. The number of rotatable bonds is 3. The summed E-state index contributed by atoms with van der Waals surface area (Å²) in [5.74, 6) is 0.916. The highest BCUT2D eigenvalue weighted by molar-refractivity contribution is 7.26. The Labute approximate surface area is 237 Å².